The molecule has 2 nitrogen and oxygen atoms in total. The van der Waals surface area contributed by atoms with Gasteiger partial charge in [-0.3, -0.25) is 0 Å². The highest BCUT2D eigenvalue weighted by Gasteiger charge is 2.31. The lowest BCUT2D eigenvalue weighted by Crippen LogP contribution is -2.41. The largest absolute Gasteiger partial charge is 0.372 e. The van der Waals surface area contributed by atoms with Gasteiger partial charge >= 0.3 is 0 Å². The average molecular weight is 174 g/mol. The summed E-state index contributed by atoms with van der Waals surface area (Å²) >= 11 is 0. The zero-order valence-electron chi connectivity index (χ0n) is 7.66. The maximum absolute atomic E-state index is 3.46. The molecule has 0 aromatic carbocycles. The van der Waals surface area contributed by atoms with E-state index in [0.717, 1.165) is 6.54 Å². The van der Waals surface area contributed by atoms with E-state index in [1.165, 1.54) is 30.8 Å². The third-order valence-electron chi connectivity index (χ3n) is 3.04. The molecule has 0 amide bonds. The zero-order chi connectivity index (χ0) is 8.67. The van der Waals surface area contributed by atoms with E-state index in [4.69, 9.17) is 0 Å². The minimum Gasteiger partial charge on any atom is -0.372 e. The van der Waals surface area contributed by atoms with Gasteiger partial charge in [0.1, 0.15) is 5.82 Å². The predicted molar refractivity (Wildman–Crippen MR) is 53.0 cm³/mol. The fourth-order valence-corrected chi connectivity index (χ4v) is 2.39. The Morgan fingerprint density at radius 3 is 3.46 bits per heavy atom. The minimum absolute atomic E-state index is 0.632. The molecule has 2 heteroatoms. The first-order valence-corrected chi connectivity index (χ1v) is 5.04. The van der Waals surface area contributed by atoms with Crippen molar-refractivity contribution in [1.82, 2.24) is 10.2 Å². The van der Waals surface area contributed by atoms with Gasteiger partial charge in [0, 0.05) is 13.1 Å². The van der Waals surface area contributed by atoms with Crippen LogP contribution in [0.2, 0.25) is 0 Å². The molecule has 68 valence electrons. The van der Waals surface area contributed by atoms with Crippen LogP contribution in [0, 0.1) is 0 Å². The highest BCUT2D eigenvalue weighted by Crippen LogP contribution is 2.31. The van der Waals surface area contributed by atoms with Crippen LogP contribution in [0.25, 0.3) is 0 Å². The lowest BCUT2D eigenvalue weighted by atomic mass is 10.0. The van der Waals surface area contributed by atoms with Crippen LogP contribution in [0.4, 0.5) is 0 Å². The summed E-state index contributed by atoms with van der Waals surface area (Å²) in [5.41, 5.74) is 1.48. The van der Waals surface area contributed by atoms with Gasteiger partial charge in [-0.05, 0) is 24.5 Å². The highest BCUT2D eigenvalue weighted by molar-refractivity contribution is 5.40. The molecule has 1 saturated heterocycles. The molecule has 0 aromatic heterocycles. The monoisotopic (exact) mass is 174 g/mol. The Morgan fingerprint density at radius 1 is 1.46 bits per heavy atom. The van der Waals surface area contributed by atoms with Crippen molar-refractivity contribution in [2.75, 3.05) is 13.1 Å². The maximum Gasteiger partial charge on any atom is 0.102 e. The van der Waals surface area contributed by atoms with E-state index < -0.39 is 0 Å². The first kappa shape index (κ1) is 7.25. The second kappa shape index (κ2) is 2.66. The van der Waals surface area contributed by atoms with Crippen LogP contribution < -0.4 is 5.32 Å². The molecule has 13 heavy (non-hydrogen) atoms. The first-order valence-electron chi connectivity index (χ1n) is 5.04. The fraction of sp³-hybridized carbons (Fsp3) is 0.455. The first-order chi connectivity index (χ1) is 6.45. The molecule has 2 heterocycles. The van der Waals surface area contributed by atoms with E-state index in [9.17, 15) is 0 Å². The van der Waals surface area contributed by atoms with Gasteiger partial charge in [0.2, 0.25) is 0 Å². The van der Waals surface area contributed by atoms with Gasteiger partial charge in [-0.15, -0.1) is 0 Å². The highest BCUT2D eigenvalue weighted by atomic mass is 15.3. The van der Waals surface area contributed by atoms with E-state index in [1.807, 2.05) is 0 Å². The van der Waals surface area contributed by atoms with Crippen LogP contribution in [0.3, 0.4) is 0 Å². The second-order valence-electron chi connectivity index (χ2n) is 3.85. The molecule has 1 atom stereocenters. The molecule has 1 N–H and O–H groups in total. The lowest BCUT2D eigenvalue weighted by Gasteiger charge is -2.34. The van der Waals surface area contributed by atoms with Crippen molar-refractivity contribution in [2.45, 2.75) is 18.9 Å². The summed E-state index contributed by atoms with van der Waals surface area (Å²) in [5, 5.41) is 3.46. The summed E-state index contributed by atoms with van der Waals surface area (Å²) in [6.07, 6.45) is 11.4. The molecule has 1 fully saturated rings. The summed E-state index contributed by atoms with van der Waals surface area (Å²) in [6.45, 7) is 2.35. The number of hydrogen-bond acceptors (Lipinski definition) is 2. The summed E-state index contributed by atoms with van der Waals surface area (Å²) in [5.74, 6) is 1.34. The van der Waals surface area contributed by atoms with E-state index >= 15 is 0 Å². The second-order valence-corrected chi connectivity index (χ2v) is 3.85. The SMILES string of the molecule is C1=CCC2C(=C1)C=C1NCCCN12. The van der Waals surface area contributed by atoms with Crippen LogP contribution in [-0.2, 0) is 0 Å². The van der Waals surface area contributed by atoms with Gasteiger partial charge in [-0.1, -0.05) is 18.2 Å². The molecule has 0 spiro atoms. The number of nitrogens with zero attached hydrogens (tertiary/aromatic N) is 1. The molecular weight excluding hydrogens is 160 g/mol. The third kappa shape index (κ3) is 1.01. The maximum atomic E-state index is 3.46. The topological polar surface area (TPSA) is 15.3 Å². The van der Waals surface area contributed by atoms with Gasteiger partial charge < -0.3 is 10.2 Å². The van der Waals surface area contributed by atoms with Gasteiger partial charge in [-0.25, -0.2) is 0 Å². The van der Waals surface area contributed by atoms with E-state index in [2.05, 4.69) is 34.5 Å². The van der Waals surface area contributed by atoms with Crippen molar-refractivity contribution >= 4 is 0 Å². The van der Waals surface area contributed by atoms with Gasteiger partial charge in [0.15, 0.2) is 0 Å². The van der Waals surface area contributed by atoms with Crippen molar-refractivity contribution in [1.29, 1.82) is 0 Å². The number of rotatable bonds is 0. The van der Waals surface area contributed by atoms with Crippen molar-refractivity contribution in [3.8, 4) is 0 Å². The molecule has 0 saturated carbocycles. The molecule has 0 radical (unpaired) electrons. The number of nitrogens with one attached hydrogen (secondary N) is 1. The Labute approximate surface area is 78.6 Å². The Kier molecular flexibility index (Phi) is 1.48. The van der Waals surface area contributed by atoms with Crippen LogP contribution in [0.5, 0.6) is 0 Å². The fourth-order valence-electron chi connectivity index (χ4n) is 2.39. The molecule has 1 aliphatic carbocycles. The zero-order valence-corrected chi connectivity index (χ0v) is 7.66. The summed E-state index contributed by atoms with van der Waals surface area (Å²) in [4.78, 5) is 2.50. The third-order valence-corrected chi connectivity index (χ3v) is 3.04. The predicted octanol–water partition coefficient (Wildman–Crippen LogP) is 1.39. The molecule has 1 unspecified atom stereocenters. The standard InChI is InChI=1S/C11H14N2/c1-2-5-10-9(4-1)8-11-12-6-3-7-13(10)11/h1-2,4,8,10,12H,3,5-7H2. The van der Waals surface area contributed by atoms with Crippen molar-refractivity contribution in [2.24, 2.45) is 0 Å². The van der Waals surface area contributed by atoms with Crippen LogP contribution in [-0.4, -0.2) is 24.0 Å². The molecule has 2 aliphatic heterocycles. The number of fused-ring (bicyclic) bond motifs is 3. The lowest BCUT2D eigenvalue weighted by molar-refractivity contribution is 0.252. The molecule has 0 bridgehead atoms. The molecular formula is C11H14N2. The summed E-state index contributed by atoms with van der Waals surface area (Å²) in [6, 6.07) is 0.632. The molecule has 0 aromatic rings. The normalized spacial score (nSPS) is 30.2. The Morgan fingerprint density at radius 2 is 2.46 bits per heavy atom. The summed E-state index contributed by atoms with van der Waals surface area (Å²) < 4.78 is 0. The van der Waals surface area contributed by atoms with Gasteiger partial charge in [-0.2, -0.15) is 0 Å². The van der Waals surface area contributed by atoms with Gasteiger partial charge in [0.05, 0.1) is 6.04 Å². The number of hydrogen-bond donors (Lipinski definition) is 1. The average Bonchev–Trinajstić information content (AvgIpc) is 2.56. The van der Waals surface area contributed by atoms with E-state index in [0.29, 0.717) is 6.04 Å². The Bertz CT molecular complexity index is 312. The minimum atomic E-state index is 0.632. The molecule has 3 aliphatic rings. The van der Waals surface area contributed by atoms with E-state index in [1.54, 1.807) is 0 Å². The van der Waals surface area contributed by atoms with Crippen LogP contribution >= 0.6 is 0 Å². The van der Waals surface area contributed by atoms with Crippen LogP contribution in [0.15, 0.2) is 35.7 Å². The smallest absolute Gasteiger partial charge is 0.102 e. The van der Waals surface area contributed by atoms with Crippen LogP contribution in [0.1, 0.15) is 12.8 Å². The van der Waals surface area contributed by atoms with Crippen molar-refractivity contribution in [3.63, 3.8) is 0 Å². The van der Waals surface area contributed by atoms with E-state index in [-0.39, 0.29) is 0 Å². The molecule has 3 rings (SSSR count). The summed E-state index contributed by atoms with van der Waals surface area (Å²) in [7, 11) is 0. The van der Waals surface area contributed by atoms with Gasteiger partial charge in [0.25, 0.3) is 0 Å². The number of allylic oxidation sites excluding steroid dienone is 2. The Hall–Kier alpha value is -1.18. The quantitative estimate of drug-likeness (QED) is 0.597. The van der Waals surface area contributed by atoms with Crippen molar-refractivity contribution < 1.29 is 0 Å². The van der Waals surface area contributed by atoms with Crippen molar-refractivity contribution in [3.05, 3.63) is 35.7 Å². The Balaban J connectivity index is 1.96.